The number of halogens is 1. The van der Waals surface area contributed by atoms with E-state index in [4.69, 9.17) is 17.3 Å². The molecule has 0 aliphatic heterocycles. The van der Waals surface area contributed by atoms with E-state index in [1.165, 1.54) is 12.1 Å². The maximum Gasteiger partial charge on any atom is 0.311 e. The number of nitrogens with one attached hydrogen (secondary N) is 1. The lowest BCUT2D eigenvalue weighted by Crippen LogP contribution is -1.99. The van der Waals surface area contributed by atoms with Crippen molar-refractivity contribution in [3.63, 3.8) is 0 Å². The summed E-state index contributed by atoms with van der Waals surface area (Å²) in [6, 6.07) is 9.42. The van der Waals surface area contributed by atoms with E-state index in [1.54, 1.807) is 24.3 Å². The van der Waals surface area contributed by atoms with Gasteiger partial charge >= 0.3 is 5.69 Å². The van der Waals surface area contributed by atoms with Gasteiger partial charge in [-0.15, -0.1) is 0 Å². The molecule has 0 aliphatic carbocycles. The summed E-state index contributed by atoms with van der Waals surface area (Å²) < 4.78 is 0. The molecule has 7 heteroatoms. The van der Waals surface area contributed by atoms with Crippen molar-refractivity contribution < 1.29 is 4.92 Å². The van der Waals surface area contributed by atoms with Crippen LogP contribution in [0.4, 0.5) is 22.9 Å². The van der Waals surface area contributed by atoms with Crippen LogP contribution in [0.15, 0.2) is 36.4 Å². The van der Waals surface area contributed by atoms with Crippen LogP contribution in [0.1, 0.15) is 0 Å². The van der Waals surface area contributed by atoms with Crippen LogP contribution in [0.5, 0.6) is 0 Å². The molecule has 0 saturated heterocycles. The summed E-state index contributed by atoms with van der Waals surface area (Å²) in [5, 5.41) is 13.8. The standard InChI is InChI=1S/C11H9ClN4O2/c12-10-6-5-9(16(17)18)11(15-10)14-8-3-1-7(13)2-4-8/h1-6H,13H2,(H,14,15). The molecule has 0 spiro atoms. The Balaban J connectivity index is 2.35. The molecule has 6 nitrogen and oxygen atoms in total. The lowest BCUT2D eigenvalue weighted by atomic mass is 10.3. The normalized spacial score (nSPS) is 10.1. The summed E-state index contributed by atoms with van der Waals surface area (Å²) in [4.78, 5) is 14.2. The summed E-state index contributed by atoms with van der Waals surface area (Å²) in [6.07, 6.45) is 0. The first-order chi connectivity index (χ1) is 8.56. The van der Waals surface area contributed by atoms with Crippen molar-refractivity contribution in [3.8, 4) is 0 Å². The molecule has 0 bridgehead atoms. The Bertz CT molecular complexity index is 586. The number of hydrogen-bond acceptors (Lipinski definition) is 5. The number of benzene rings is 1. The third-order valence-electron chi connectivity index (χ3n) is 2.21. The van der Waals surface area contributed by atoms with E-state index >= 15 is 0 Å². The van der Waals surface area contributed by atoms with Gasteiger partial charge in [-0.3, -0.25) is 10.1 Å². The zero-order valence-electron chi connectivity index (χ0n) is 9.13. The molecule has 1 aromatic heterocycles. The molecule has 0 aliphatic rings. The minimum atomic E-state index is -0.525. The summed E-state index contributed by atoms with van der Waals surface area (Å²) in [6.45, 7) is 0. The van der Waals surface area contributed by atoms with Crippen molar-refractivity contribution in [2.45, 2.75) is 0 Å². The molecule has 2 rings (SSSR count). The third-order valence-corrected chi connectivity index (χ3v) is 2.42. The van der Waals surface area contributed by atoms with E-state index in [1.807, 2.05) is 0 Å². The van der Waals surface area contributed by atoms with Gasteiger partial charge in [0.1, 0.15) is 5.15 Å². The van der Waals surface area contributed by atoms with Gasteiger partial charge in [-0.25, -0.2) is 4.98 Å². The molecule has 2 aromatic rings. The lowest BCUT2D eigenvalue weighted by Gasteiger charge is -2.06. The number of pyridine rings is 1. The number of rotatable bonds is 3. The topological polar surface area (TPSA) is 94.1 Å². The number of nitrogens with two attached hydrogens (primary N) is 1. The van der Waals surface area contributed by atoms with Crippen LogP contribution in [0.25, 0.3) is 0 Å². The second kappa shape index (κ2) is 4.89. The van der Waals surface area contributed by atoms with Crippen LogP contribution < -0.4 is 11.1 Å². The Morgan fingerprint density at radius 2 is 1.89 bits per heavy atom. The number of nitrogens with zero attached hydrogens (tertiary/aromatic N) is 2. The highest BCUT2D eigenvalue weighted by molar-refractivity contribution is 6.29. The van der Waals surface area contributed by atoms with Gasteiger partial charge in [0.2, 0.25) is 5.82 Å². The molecule has 1 heterocycles. The van der Waals surface area contributed by atoms with Gasteiger partial charge in [0, 0.05) is 17.4 Å². The molecule has 18 heavy (non-hydrogen) atoms. The highest BCUT2D eigenvalue weighted by Crippen LogP contribution is 2.27. The molecule has 0 amide bonds. The van der Waals surface area contributed by atoms with Gasteiger partial charge in [-0.1, -0.05) is 11.6 Å². The number of anilines is 3. The van der Waals surface area contributed by atoms with E-state index in [0.29, 0.717) is 11.4 Å². The highest BCUT2D eigenvalue weighted by atomic mass is 35.5. The first kappa shape index (κ1) is 12.1. The molecule has 0 fully saturated rings. The predicted octanol–water partition coefficient (Wildman–Crippen LogP) is 2.97. The van der Waals surface area contributed by atoms with Crippen molar-refractivity contribution in [2.24, 2.45) is 0 Å². The average molecular weight is 265 g/mol. The van der Waals surface area contributed by atoms with Gasteiger partial charge in [-0.05, 0) is 30.3 Å². The monoisotopic (exact) mass is 264 g/mol. The van der Waals surface area contributed by atoms with Crippen LogP contribution in [0.2, 0.25) is 5.15 Å². The predicted molar refractivity (Wildman–Crippen MR) is 70.0 cm³/mol. The number of aromatic nitrogens is 1. The van der Waals surface area contributed by atoms with Gasteiger partial charge in [0.05, 0.1) is 4.92 Å². The van der Waals surface area contributed by atoms with E-state index < -0.39 is 4.92 Å². The average Bonchev–Trinajstić information content (AvgIpc) is 2.32. The fraction of sp³-hybridized carbons (Fsp3) is 0. The van der Waals surface area contributed by atoms with Crippen molar-refractivity contribution in [1.82, 2.24) is 4.98 Å². The number of nitro groups is 1. The molecular weight excluding hydrogens is 256 g/mol. The summed E-state index contributed by atoms with van der Waals surface area (Å²) >= 11 is 5.72. The Morgan fingerprint density at radius 3 is 2.50 bits per heavy atom. The quantitative estimate of drug-likeness (QED) is 0.385. The minimum absolute atomic E-state index is 0.0947. The van der Waals surface area contributed by atoms with Crippen LogP contribution in [0.3, 0.4) is 0 Å². The van der Waals surface area contributed by atoms with Crippen LogP contribution >= 0.6 is 11.6 Å². The lowest BCUT2D eigenvalue weighted by molar-refractivity contribution is -0.384. The molecule has 0 unspecified atom stereocenters. The molecule has 92 valence electrons. The molecule has 0 atom stereocenters. The third kappa shape index (κ3) is 2.67. The van der Waals surface area contributed by atoms with E-state index in [2.05, 4.69) is 10.3 Å². The minimum Gasteiger partial charge on any atom is -0.399 e. The van der Waals surface area contributed by atoms with Gasteiger partial charge in [0.25, 0.3) is 0 Å². The second-order valence-corrected chi connectivity index (χ2v) is 3.89. The Labute approximate surface area is 108 Å². The van der Waals surface area contributed by atoms with Gasteiger partial charge in [0.15, 0.2) is 0 Å². The zero-order chi connectivity index (χ0) is 13.1. The maximum atomic E-state index is 10.8. The Hall–Kier alpha value is -2.34. The van der Waals surface area contributed by atoms with E-state index in [0.717, 1.165) is 0 Å². The van der Waals surface area contributed by atoms with Crippen LogP contribution in [0, 0.1) is 10.1 Å². The summed E-state index contributed by atoms with van der Waals surface area (Å²) in [5.74, 6) is 0.0947. The summed E-state index contributed by atoms with van der Waals surface area (Å²) in [5.41, 5.74) is 6.65. The second-order valence-electron chi connectivity index (χ2n) is 3.51. The number of hydrogen-bond donors (Lipinski definition) is 2. The largest absolute Gasteiger partial charge is 0.399 e. The van der Waals surface area contributed by atoms with Crippen molar-refractivity contribution in [1.29, 1.82) is 0 Å². The van der Waals surface area contributed by atoms with Crippen LogP contribution in [-0.4, -0.2) is 9.91 Å². The molecule has 0 radical (unpaired) electrons. The smallest absolute Gasteiger partial charge is 0.311 e. The SMILES string of the molecule is Nc1ccc(Nc2nc(Cl)ccc2[N+](=O)[O-])cc1. The molecule has 1 aromatic carbocycles. The summed E-state index contributed by atoms with van der Waals surface area (Å²) in [7, 11) is 0. The zero-order valence-corrected chi connectivity index (χ0v) is 9.89. The highest BCUT2D eigenvalue weighted by Gasteiger charge is 2.15. The Morgan fingerprint density at radius 1 is 1.22 bits per heavy atom. The number of nitrogen functional groups attached to an aromatic ring is 1. The van der Waals surface area contributed by atoms with Crippen molar-refractivity contribution in [3.05, 3.63) is 51.7 Å². The van der Waals surface area contributed by atoms with Crippen LogP contribution in [-0.2, 0) is 0 Å². The van der Waals surface area contributed by atoms with Crippen molar-refractivity contribution >= 4 is 34.5 Å². The molecular formula is C11H9ClN4O2. The van der Waals surface area contributed by atoms with Gasteiger partial charge < -0.3 is 11.1 Å². The first-order valence-corrected chi connectivity index (χ1v) is 5.37. The van der Waals surface area contributed by atoms with E-state index in [-0.39, 0.29) is 16.7 Å². The first-order valence-electron chi connectivity index (χ1n) is 5.00. The van der Waals surface area contributed by atoms with E-state index in [9.17, 15) is 10.1 Å². The molecule has 0 saturated carbocycles. The fourth-order valence-corrected chi connectivity index (χ4v) is 1.52. The molecule has 3 N–H and O–H groups in total. The van der Waals surface area contributed by atoms with Gasteiger partial charge in [-0.2, -0.15) is 0 Å². The Kier molecular flexibility index (Phi) is 3.29. The maximum absolute atomic E-state index is 10.8. The fourth-order valence-electron chi connectivity index (χ4n) is 1.37. The van der Waals surface area contributed by atoms with Crippen molar-refractivity contribution in [2.75, 3.05) is 11.1 Å².